The summed E-state index contributed by atoms with van der Waals surface area (Å²) in [5.41, 5.74) is -0.270. The third-order valence-electron chi connectivity index (χ3n) is 7.94. The number of halogens is 1. The van der Waals surface area contributed by atoms with Crippen molar-refractivity contribution < 1.29 is 29.4 Å². The van der Waals surface area contributed by atoms with Gasteiger partial charge in [0, 0.05) is 18.3 Å². The largest absolute Gasteiger partial charge is 0.478 e. The molecule has 0 aromatic heterocycles. The van der Waals surface area contributed by atoms with Crippen LogP contribution in [0, 0.1) is 5.92 Å². The summed E-state index contributed by atoms with van der Waals surface area (Å²) in [5.74, 6) is -5.56. The first-order valence-corrected chi connectivity index (χ1v) is 14.6. The van der Waals surface area contributed by atoms with Crippen molar-refractivity contribution in [1.29, 1.82) is 0 Å². The van der Waals surface area contributed by atoms with E-state index in [0.717, 1.165) is 29.0 Å². The van der Waals surface area contributed by atoms with Crippen molar-refractivity contribution in [3.05, 3.63) is 64.9 Å². The summed E-state index contributed by atoms with van der Waals surface area (Å²) in [4.78, 5) is 54.0. The van der Waals surface area contributed by atoms with Crippen molar-refractivity contribution in [3.63, 3.8) is 0 Å². The molecule has 212 valence electrons. The molecule has 8 nitrogen and oxygen atoms in total. The number of amides is 2. The molecule has 4 aromatic carbocycles. The van der Waals surface area contributed by atoms with Crippen molar-refractivity contribution in [1.82, 2.24) is 10.6 Å². The van der Waals surface area contributed by atoms with Gasteiger partial charge in [0.2, 0.25) is 11.8 Å². The van der Waals surface area contributed by atoms with Crippen LogP contribution in [-0.2, 0) is 18.7 Å². The summed E-state index contributed by atoms with van der Waals surface area (Å²) in [6.07, 6.45) is 2.96. The van der Waals surface area contributed by atoms with E-state index >= 15 is 0 Å². The number of carbonyl (C=O) groups is 4. The van der Waals surface area contributed by atoms with E-state index in [1.165, 1.54) is 6.07 Å². The molecule has 4 aromatic rings. The van der Waals surface area contributed by atoms with Gasteiger partial charge in [-0.05, 0) is 56.8 Å². The van der Waals surface area contributed by atoms with Gasteiger partial charge in [-0.1, -0.05) is 85.1 Å². The average Bonchev–Trinajstić information content (AvgIpc) is 2.95. The normalized spacial score (nSPS) is 18.1. The number of nitrogens with one attached hydrogen (secondary N) is 2. The van der Waals surface area contributed by atoms with E-state index in [1.807, 2.05) is 50.2 Å². The lowest BCUT2D eigenvalue weighted by Gasteiger charge is -2.39. The van der Waals surface area contributed by atoms with Gasteiger partial charge < -0.3 is 20.8 Å². The van der Waals surface area contributed by atoms with E-state index in [4.69, 9.17) is 0 Å². The first-order chi connectivity index (χ1) is 19.7. The third kappa shape index (κ3) is 4.43. The minimum absolute atomic E-state index is 0.0453. The Morgan fingerprint density at radius 2 is 1.41 bits per heavy atom. The molecule has 2 atom stereocenters. The topological polar surface area (TPSA) is 133 Å². The lowest BCUT2D eigenvalue weighted by atomic mass is 9.69. The molecular formula is C32H31BrN2O6. The zero-order valence-electron chi connectivity index (χ0n) is 22.8. The highest BCUT2D eigenvalue weighted by Gasteiger charge is 2.56. The van der Waals surface area contributed by atoms with Crippen LogP contribution in [0.3, 0.4) is 0 Å². The van der Waals surface area contributed by atoms with Crippen LogP contribution in [0.5, 0.6) is 0 Å². The Morgan fingerprint density at radius 1 is 0.805 bits per heavy atom. The van der Waals surface area contributed by atoms with E-state index in [9.17, 15) is 29.4 Å². The Balaban J connectivity index is 2.03. The van der Waals surface area contributed by atoms with E-state index in [2.05, 4.69) is 26.6 Å². The number of carbonyl (C=O) groups excluding carboxylic acids is 2. The molecule has 41 heavy (non-hydrogen) atoms. The minimum atomic E-state index is -1.84. The monoisotopic (exact) mass is 618 g/mol. The molecule has 0 bridgehead atoms. The first-order valence-electron chi connectivity index (χ1n) is 13.8. The number of aliphatic carboxylic acids is 1. The highest BCUT2D eigenvalue weighted by molar-refractivity contribution is 9.10. The highest BCUT2D eigenvalue weighted by atomic mass is 79.9. The molecule has 0 saturated carbocycles. The van der Waals surface area contributed by atoms with Crippen LogP contribution >= 0.6 is 15.9 Å². The van der Waals surface area contributed by atoms with Crippen LogP contribution in [0.4, 0.5) is 0 Å². The van der Waals surface area contributed by atoms with Gasteiger partial charge in [0.25, 0.3) is 0 Å². The molecule has 9 heteroatoms. The Morgan fingerprint density at radius 3 is 2.02 bits per heavy atom. The smallest absolute Gasteiger partial charge is 0.336 e. The zero-order chi connectivity index (χ0) is 29.5. The lowest BCUT2D eigenvalue weighted by molar-refractivity contribution is -0.135. The first kappa shape index (κ1) is 28.5. The number of hydrogen-bond acceptors (Lipinski definition) is 4. The number of hydrogen-bond donors (Lipinski definition) is 4. The van der Waals surface area contributed by atoms with Crippen molar-refractivity contribution in [2.45, 2.75) is 43.9 Å². The molecule has 1 aliphatic carbocycles. The van der Waals surface area contributed by atoms with Crippen LogP contribution in [0.1, 0.15) is 55.5 Å². The van der Waals surface area contributed by atoms with Gasteiger partial charge in [0.1, 0.15) is 4.32 Å². The summed E-state index contributed by atoms with van der Waals surface area (Å²) in [6, 6.07) is 14.4. The molecule has 5 rings (SSSR count). The SMILES string of the molecule is CCCCNC(=O)C1C(C(=O)O)=c2c(C(=O)O)ccc3c2c(c2cccc4cccc3c42)C1(Br)C(=O)NCCCC. The average molecular weight is 620 g/mol. The zero-order valence-corrected chi connectivity index (χ0v) is 24.4. The number of benzene rings is 4. The molecule has 2 amide bonds. The molecule has 0 saturated heterocycles. The van der Waals surface area contributed by atoms with Crippen molar-refractivity contribution in [2.75, 3.05) is 13.1 Å². The summed E-state index contributed by atoms with van der Waals surface area (Å²) in [5, 5.41) is 30.7. The standard InChI is InChI=1S/C32H31BrN2O6/c1-3-5-15-34-28(36)27-25(30(39)40)23-21(29(37)38)14-13-19-18-11-7-9-17-10-8-12-20(22(17)18)26(24(19)23)32(27,33)31(41)35-16-6-4-2/h7-14,27H,3-6,15-16H2,1-2H3,(H,34,36)(H,35,41)(H,37,38)(H,39,40). The Hall–Kier alpha value is -3.98. The number of unbranched alkanes of at least 4 members (excludes halogenated alkanes) is 2. The van der Waals surface area contributed by atoms with Crippen molar-refractivity contribution in [3.8, 4) is 0 Å². The number of carboxylic acids is 2. The Bertz CT molecular complexity index is 1790. The molecule has 2 unspecified atom stereocenters. The highest BCUT2D eigenvalue weighted by Crippen LogP contribution is 2.52. The molecule has 0 spiro atoms. The fourth-order valence-corrected chi connectivity index (χ4v) is 7.09. The molecule has 0 radical (unpaired) electrons. The van der Waals surface area contributed by atoms with Gasteiger partial charge >= 0.3 is 11.9 Å². The lowest BCUT2D eigenvalue weighted by Crippen LogP contribution is -2.55. The van der Waals surface area contributed by atoms with Crippen LogP contribution in [0.25, 0.3) is 37.9 Å². The number of rotatable bonds is 10. The molecule has 0 fully saturated rings. The van der Waals surface area contributed by atoms with Crippen molar-refractivity contribution >= 4 is 77.6 Å². The quantitative estimate of drug-likeness (QED) is 0.0869. The summed E-state index contributed by atoms with van der Waals surface area (Å²) in [7, 11) is 0. The van der Waals surface area contributed by atoms with E-state index < -0.39 is 39.6 Å². The Kier molecular flexibility index (Phi) is 7.74. The molecule has 4 N–H and O–H groups in total. The van der Waals surface area contributed by atoms with Crippen LogP contribution in [-0.4, -0.2) is 47.1 Å². The molecular weight excluding hydrogens is 588 g/mol. The maximum Gasteiger partial charge on any atom is 0.336 e. The number of carboxylic acid groups (broad SMARTS) is 2. The van der Waals surface area contributed by atoms with Crippen LogP contribution in [0.2, 0.25) is 0 Å². The molecule has 0 aliphatic heterocycles. The molecule has 0 heterocycles. The summed E-state index contributed by atoms with van der Waals surface area (Å²) in [6.45, 7) is 4.56. The van der Waals surface area contributed by atoms with Crippen molar-refractivity contribution in [2.24, 2.45) is 5.92 Å². The summed E-state index contributed by atoms with van der Waals surface area (Å²) < 4.78 is -1.84. The predicted molar refractivity (Wildman–Crippen MR) is 162 cm³/mol. The van der Waals surface area contributed by atoms with Crippen LogP contribution in [0.15, 0.2) is 48.5 Å². The minimum Gasteiger partial charge on any atom is -0.478 e. The maximum absolute atomic E-state index is 14.3. The Labute approximate surface area is 244 Å². The second kappa shape index (κ2) is 11.1. The number of aromatic carboxylic acids is 1. The fraction of sp³-hybridized carbons (Fsp3) is 0.312. The maximum atomic E-state index is 14.3. The number of fused-ring (bicyclic) bond motifs is 2. The van der Waals surface area contributed by atoms with Gasteiger partial charge in [-0.15, -0.1) is 0 Å². The van der Waals surface area contributed by atoms with Gasteiger partial charge in [-0.3, -0.25) is 9.59 Å². The van der Waals surface area contributed by atoms with Gasteiger partial charge in [0.15, 0.2) is 0 Å². The second-order valence-electron chi connectivity index (χ2n) is 10.4. The predicted octanol–water partition coefficient (Wildman–Crippen LogP) is 4.85. The second-order valence-corrected chi connectivity index (χ2v) is 11.7. The van der Waals surface area contributed by atoms with E-state index in [0.29, 0.717) is 41.1 Å². The van der Waals surface area contributed by atoms with Gasteiger partial charge in [-0.25, -0.2) is 9.59 Å². The third-order valence-corrected chi connectivity index (χ3v) is 9.15. The van der Waals surface area contributed by atoms with Gasteiger partial charge in [0.05, 0.1) is 17.1 Å². The van der Waals surface area contributed by atoms with E-state index in [1.54, 1.807) is 6.07 Å². The van der Waals surface area contributed by atoms with E-state index in [-0.39, 0.29) is 17.3 Å². The molecule has 1 aliphatic rings. The number of alkyl halides is 1. The fourth-order valence-electron chi connectivity index (χ4n) is 6.10. The van der Waals surface area contributed by atoms with Crippen LogP contribution < -0.4 is 15.9 Å². The van der Waals surface area contributed by atoms with Gasteiger partial charge in [-0.2, -0.15) is 0 Å². The summed E-state index contributed by atoms with van der Waals surface area (Å²) >= 11 is 3.70.